The zero-order valence-electron chi connectivity index (χ0n) is 17.9. The molecule has 3 N–H and O–H groups in total. The van der Waals surface area contributed by atoms with Crippen molar-refractivity contribution in [1.82, 2.24) is 5.32 Å². The number of fused-ring (bicyclic) bond motifs is 6. The molecule has 4 unspecified atom stereocenters. The van der Waals surface area contributed by atoms with Crippen LogP contribution in [0.3, 0.4) is 0 Å². The third kappa shape index (κ3) is 2.90. The molecule has 6 rings (SSSR count). The van der Waals surface area contributed by atoms with Gasteiger partial charge in [0, 0.05) is 0 Å². The van der Waals surface area contributed by atoms with Gasteiger partial charge in [-0.3, -0.25) is 13.8 Å². The molecule has 4 atom stereocenters. The van der Waals surface area contributed by atoms with E-state index < -0.39 is 8.60 Å². The Bertz CT molecular complexity index is 1170. The van der Waals surface area contributed by atoms with Gasteiger partial charge < -0.3 is 25.0 Å². The molecule has 32 heavy (non-hydrogen) atoms. The Morgan fingerprint density at radius 2 is 1.94 bits per heavy atom. The zero-order chi connectivity index (χ0) is 22.1. The lowest BCUT2D eigenvalue weighted by molar-refractivity contribution is 0.0850. The minimum Gasteiger partial charge on any atom is -0.504 e. The maximum Gasteiger partial charge on any atom is 0.398 e. The van der Waals surface area contributed by atoms with Crippen molar-refractivity contribution < 1.29 is 28.2 Å². The zero-order valence-corrected chi connectivity index (χ0v) is 18.8. The smallest absolute Gasteiger partial charge is 0.398 e. The number of ether oxygens (including phenoxy) is 1. The Morgan fingerprint density at radius 3 is 2.72 bits per heavy atom. The number of aryl methyl sites for hydroxylation is 2. The molecular weight excluding hydrogens is 431 g/mol. The highest BCUT2D eigenvalue weighted by molar-refractivity contribution is 7.42. The van der Waals surface area contributed by atoms with Crippen LogP contribution in [-0.2, 0) is 9.05 Å². The average molecular weight is 454 g/mol. The first kappa shape index (κ1) is 19.9. The number of phenols is 1. The van der Waals surface area contributed by atoms with Gasteiger partial charge in [0.05, 0.1) is 17.3 Å². The maximum absolute atomic E-state index is 12.9. The van der Waals surface area contributed by atoms with E-state index in [1.54, 1.807) is 0 Å². The molecule has 1 saturated heterocycles. The number of carbonyl (C=O) groups excluding carboxylic acids is 1. The molecule has 0 radical (unpaired) electrons. The van der Waals surface area contributed by atoms with Gasteiger partial charge in [0.1, 0.15) is 18.0 Å². The van der Waals surface area contributed by atoms with E-state index >= 15 is 0 Å². The van der Waals surface area contributed by atoms with Crippen molar-refractivity contribution in [2.24, 2.45) is 0 Å². The van der Waals surface area contributed by atoms with Crippen LogP contribution in [0.5, 0.6) is 17.2 Å². The SMILES string of the molecule is Cc1cc(OP2OC3CC=C4c5cc6c(c(O)c5C(=O)NC4C3O2)OCN6)cc(C)c1C. The lowest BCUT2D eigenvalue weighted by Crippen LogP contribution is -2.52. The van der Waals surface area contributed by atoms with E-state index in [1.807, 2.05) is 24.3 Å². The molecule has 0 bridgehead atoms. The summed E-state index contributed by atoms with van der Waals surface area (Å²) in [4.78, 5) is 12.9. The lowest BCUT2D eigenvalue weighted by Gasteiger charge is -2.36. The van der Waals surface area contributed by atoms with E-state index in [2.05, 4.69) is 31.4 Å². The Balaban J connectivity index is 1.28. The summed E-state index contributed by atoms with van der Waals surface area (Å²) in [7, 11) is -1.60. The van der Waals surface area contributed by atoms with E-state index in [9.17, 15) is 9.90 Å². The number of phenolic OH excluding ortho intramolecular Hbond substituents is 1. The Hall–Kier alpha value is -2.80. The Kier molecular flexibility index (Phi) is 4.41. The quantitative estimate of drug-likeness (QED) is 0.589. The van der Waals surface area contributed by atoms with Crippen LogP contribution < -0.4 is 19.9 Å². The summed E-state index contributed by atoms with van der Waals surface area (Å²) < 4.78 is 23.8. The molecule has 0 aromatic heterocycles. The average Bonchev–Trinajstić information content (AvgIpc) is 3.38. The first-order valence-electron chi connectivity index (χ1n) is 10.6. The molecule has 9 heteroatoms. The summed E-state index contributed by atoms with van der Waals surface area (Å²) in [6.07, 6.45) is 2.09. The monoisotopic (exact) mass is 454 g/mol. The number of hydrogen-bond acceptors (Lipinski definition) is 7. The second kappa shape index (κ2) is 7.10. The molecule has 3 heterocycles. The van der Waals surface area contributed by atoms with E-state index in [0.29, 0.717) is 29.2 Å². The number of hydrogen-bond donors (Lipinski definition) is 3. The van der Waals surface area contributed by atoms with Crippen LogP contribution in [0.25, 0.3) is 5.57 Å². The number of amides is 1. The number of aromatic hydroxyl groups is 1. The predicted octanol–water partition coefficient (Wildman–Crippen LogP) is 4.07. The normalized spacial score (nSPS) is 27.2. The molecule has 4 aliphatic rings. The van der Waals surface area contributed by atoms with Crippen LogP contribution in [0.15, 0.2) is 24.3 Å². The first-order chi connectivity index (χ1) is 15.4. The molecule has 1 aliphatic carbocycles. The number of benzene rings is 2. The summed E-state index contributed by atoms with van der Waals surface area (Å²) in [5, 5.41) is 16.7. The van der Waals surface area contributed by atoms with Crippen molar-refractivity contribution >= 4 is 25.8 Å². The van der Waals surface area contributed by atoms with Gasteiger partial charge >= 0.3 is 8.60 Å². The van der Waals surface area contributed by atoms with Crippen LogP contribution in [0.1, 0.15) is 39.0 Å². The minimum absolute atomic E-state index is 0.138. The molecule has 2 aromatic rings. The first-order valence-corrected chi connectivity index (χ1v) is 11.7. The number of carbonyl (C=O) groups is 1. The van der Waals surface area contributed by atoms with Crippen molar-refractivity contribution in [3.8, 4) is 17.2 Å². The molecule has 3 aliphatic heterocycles. The summed E-state index contributed by atoms with van der Waals surface area (Å²) in [5.74, 6) is 0.533. The van der Waals surface area contributed by atoms with E-state index in [-0.39, 0.29) is 42.2 Å². The van der Waals surface area contributed by atoms with E-state index in [1.165, 1.54) is 5.56 Å². The molecular formula is C23H23N2O6P. The third-order valence-electron chi connectivity index (χ3n) is 6.67. The number of rotatable bonds is 2. The molecule has 1 fully saturated rings. The van der Waals surface area contributed by atoms with Crippen molar-refractivity contribution in [1.29, 1.82) is 0 Å². The van der Waals surface area contributed by atoms with Gasteiger partial charge in [0.15, 0.2) is 18.2 Å². The maximum atomic E-state index is 12.9. The van der Waals surface area contributed by atoms with Crippen molar-refractivity contribution in [2.75, 3.05) is 12.0 Å². The van der Waals surface area contributed by atoms with Gasteiger partial charge in [-0.15, -0.1) is 0 Å². The minimum atomic E-state index is -1.60. The molecule has 166 valence electrons. The second-order valence-electron chi connectivity index (χ2n) is 8.55. The van der Waals surface area contributed by atoms with Crippen molar-refractivity contribution in [2.45, 2.75) is 45.4 Å². The summed E-state index contributed by atoms with van der Waals surface area (Å²) >= 11 is 0. The summed E-state index contributed by atoms with van der Waals surface area (Å²) in [5.41, 5.74) is 6.05. The standard InChI is InChI=1S/C23H23N2O6P/c1-10-6-13(7-11(2)12(10)3)29-32-30-17-5-4-14-15-8-16-21(28-9-24-16)20(26)18(15)23(27)25-19(14)22(17)31-32/h4,6-8,17,19,22,24,26H,5,9H2,1-3H3,(H,25,27). The topological polar surface area (TPSA) is 98.3 Å². The molecule has 8 nitrogen and oxygen atoms in total. The van der Waals surface area contributed by atoms with Crippen LogP contribution in [0, 0.1) is 20.8 Å². The van der Waals surface area contributed by atoms with Gasteiger partial charge in [-0.1, -0.05) is 6.08 Å². The van der Waals surface area contributed by atoms with Gasteiger partial charge in [-0.25, -0.2) is 0 Å². The van der Waals surface area contributed by atoms with Crippen LogP contribution in [-0.4, -0.2) is 36.0 Å². The Morgan fingerprint density at radius 1 is 1.16 bits per heavy atom. The van der Waals surface area contributed by atoms with E-state index in [4.69, 9.17) is 18.3 Å². The largest absolute Gasteiger partial charge is 0.504 e. The predicted molar refractivity (Wildman–Crippen MR) is 119 cm³/mol. The molecule has 2 aromatic carbocycles. The fraction of sp³-hybridized carbons (Fsp3) is 0.348. The van der Waals surface area contributed by atoms with Gasteiger partial charge in [-0.2, -0.15) is 0 Å². The van der Waals surface area contributed by atoms with Gasteiger partial charge in [0.2, 0.25) is 0 Å². The van der Waals surface area contributed by atoms with Crippen molar-refractivity contribution in [3.63, 3.8) is 0 Å². The van der Waals surface area contributed by atoms with Crippen LogP contribution in [0.2, 0.25) is 0 Å². The highest BCUT2D eigenvalue weighted by atomic mass is 31.2. The third-order valence-corrected chi connectivity index (χ3v) is 7.89. The second-order valence-corrected chi connectivity index (χ2v) is 9.60. The molecule has 0 spiro atoms. The van der Waals surface area contributed by atoms with Crippen molar-refractivity contribution in [3.05, 3.63) is 52.1 Å². The lowest BCUT2D eigenvalue weighted by atomic mass is 9.80. The fourth-order valence-corrected chi connectivity index (χ4v) is 6.06. The van der Waals surface area contributed by atoms with Gasteiger partial charge in [0.25, 0.3) is 5.91 Å². The number of nitrogens with one attached hydrogen (secondary N) is 2. The van der Waals surface area contributed by atoms with Gasteiger partial charge in [-0.05, 0) is 73.2 Å². The molecule has 0 saturated carbocycles. The highest BCUT2D eigenvalue weighted by Crippen LogP contribution is 2.55. The van der Waals surface area contributed by atoms with Crippen LogP contribution >= 0.6 is 8.60 Å². The van der Waals surface area contributed by atoms with E-state index in [0.717, 1.165) is 16.7 Å². The van der Waals surface area contributed by atoms with Crippen LogP contribution in [0.4, 0.5) is 5.69 Å². The molecule has 1 amide bonds. The summed E-state index contributed by atoms with van der Waals surface area (Å²) in [6, 6.07) is 5.45. The highest BCUT2D eigenvalue weighted by Gasteiger charge is 2.50. The summed E-state index contributed by atoms with van der Waals surface area (Å²) in [6.45, 7) is 6.45. The Labute approximate surface area is 186 Å². The fourth-order valence-electron chi connectivity index (χ4n) is 4.76. The number of anilines is 1.